The Morgan fingerprint density at radius 1 is 1.06 bits per heavy atom. The Labute approximate surface area is 190 Å². The van der Waals surface area contributed by atoms with E-state index in [1.807, 2.05) is 49.4 Å². The van der Waals surface area contributed by atoms with E-state index in [1.165, 1.54) is 0 Å². The van der Waals surface area contributed by atoms with Gasteiger partial charge >= 0.3 is 18.0 Å². The van der Waals surface area contributed by atoms with Crippen molar-refractivity contribution < 1.29 is 27.5 Å². The Morgan fingerprint density at radius 2 is 1.82 bits per heavy atom. The summed E-state index contributed by atoms with van der Waals surface area (Å²) in [6, 6.07) is 13.9. The Morgan fingerprint density at radius 3 is 2.55 bits per heavy atom. The van der Waals surface area contributed by atoms with Crippen LogP contribution in [0.4, 0.5) is 13.2 Å². The van der Waals surface area contributed by atoms with Gasteiger partial charge in [0.05, 0.1) is 5.92 Å². The molecule has 1 radical (unpaired) electrons. The summed E-state index contributed by atoms with van der Waals surface area (Å²) in [7, 11) is 0. The highest BCUT2D eigenvalue weighted by Crippen LogP contribution is 2.23. The summed E-state index contributed by atoms with van der Waals surface area (Å²) in [5.74, 6) is -2.05. The lowest BCUT2D eigenvalue weighted by Crippen LogP contribution is -2.35. The van der Waals surface area contributed by atoms with E-state index in [2.05, 4.69) is 15.0 Å². The maximum atomic E-state index is 12.6. The van der Waals surface area contributed by atoms with Crippen LogP contribution in [0.25, 0.3) is 16.5 Å². The Kier molecular flexibility index (Phi) is 8.25. The van der Waals surface area contributed by atoms with Crippen molar-refractivity contribution in [3.8, 4) is 0 Å². The third-order valence-electron chi connectivity index (χ3n) is 5.59. The van der Waals surface area contributed by atoms with E-state index < -0.39 is 24.7 Å². The van der Waals surface area contributed by atoms with E-state index in [4.69, 9.17) is 0 Å². The molecular formula is C25H27F3N2O3+. The molecule has 0 spiro atoms. The molecule has 3 rings (SSSR count). The normalized spacial score (nSPS) is 14.4. The number of halogens is 3. The zero-order valence-corrected chi connectivity index (χ0v) is 18.5. The molecule has 0 saturated carbocycles. The van der Waals surface area contributed by atoms with Gasteiger partial charge in [-0.05, 0) is 40.7 Å². The molecule has 1 heterocycles. The molecule has 0 aromatic heterocycles. The van der Waals surface area contributed by atoms with E-state index >= 15 is 0 Å². The summed E-state index contributed by atoms with van der Waals surface area (Å²) in [6.07, 6.45) is 0.239. The van der Waals surface area contributed by atoms with Crippen LogP contribution < -0.4 is 10.3 Å². The Bertz CT molecular complexity index is 1060. The van der Waals surface area contributed by atoms with Gasteiger partial charge in [0.1, 0.15) is 12.4 Å². The largest absolute Gasteiger partial charge is 0.490 e. The number of Topliss-reactive ketones (excluding diaryl/α,β-unsaturated/α-hetero) is 1. The van der Waals surface area contributed by atoms with Crippen LogP contribution in [-0.2, 0) is 14.3 Å². The van der Waals surface area contributed by atoms with Crippen LogP contribution in [0.1, 0.15) is 51.0 Å². The first-order valence-corrected chi connectivity index (χ1v) is 11.1. The molecule has 8 heteroatoms. The summed E-state index contributed by atoms with van der Waals surface area (Å²) in [5, 5.41) is 5.34. The number of carbonyl (C=O) groups excluding carboxylic acids is 2. The van der Waals surface area contributed by atoms with Crippen LogP contribution in [0.5, 0.6) is 0 Å². The molecule has 5 nitrogen and oxygen atoms in total. The zero-order valence-electron chi connectivity index (χ0n) is 18.5. The van der Waals surface area contributed by atoms with Crippen LogP contribution in [0.3, 0.4) is 0 Å². The molecule has 0 aliphatic carbocycles. The lowest BCUT2D eigenvalue weighted by Gasteiger charge is -2.14. The number of fused-ring (bicyclic) bond motifs is 1. The number of amidine groups is 1. The third kappa shape index (κ3) is 6.91. The minimum atomic E-state index is -5.04. The highest BCUT2D eigenvalue weighted by molar-refractivity contribution is 5.97. The van der Waals surface area contributed by atoms with Gasteiger partial charge in [-0.15, -0.1) is 0 Å². The van der Waals surface area contributed by atoms with Gasteiger partial charge in [0.2, 0.25) is 0 Å². The molecule has 33 heavy (non-hydrogen) atoms. The van der Waals surface area contributed by atoms with Crippen molar-refractivity contribution >= 4 is 34.1 Å². The van der Waals surface area contributed by atoms with Gasteiger partial charge in [0.15, 0.2) is 11.9 Å². The molecule has 1 aliphatic heterocycles. The van der Waals surface area contributed by atoms with Crippen molar-refractivity contribution in [2.24, 2.45) is 5.92 Å². The number of hydrogen-bond donors (Lipinski definition) is 1. The van der Waals surface area contributed by atoms with Crippen molar-refractivity contribution in [3.63, 3.8) is 0 Å². The second-order valence-corrected chi connectivity index (χ2v) is 8.03. The molecule has 1 unspecified atom stereocenters. The Balaban J connectivity index is 1.62. The number of carbonyl (C=O) groups is 2. The number of hydrogen-bond acceptors (Lipinski definition) is 5. The lowest BCUT2D eigenvalue weighted by molar-refractivity contribution is -0.200. The first-order valence-electron chi connectivity index (χ1n) is 11.1. The first-order chi connectivity index (χ1) is 15.8. The number of nitrogens with zero attached hydrogens (tertiary/aromatic N) is 1. The fourth-order valence-corrected chi connectivity index (χ4v) is 3.67. The van der Waals surface area contributed by atoms with Gasteiger partial charge < -0.3 is 4.74 Å². The van der Waals surface area contributed by atoms with E-state index in [0.717, 1.165) is 34.9 Å². The SMILES string of the molecule is CCC(=O)CCCCCC(COC(=O)C(F)(F)F)C1=[N+]C=C(c2ccc3ccccc3c2)N1. The minimum Gasteiger partial charge on any atom is -0.458 e. The topological polar surface area (TPSA) is 69.5 Å². The molecular weight excluding hydrogens is 433 g/mol. The average molecular weight is 460 g/mol. The van der Waals surface area contributed by atoms with Crippen molar-refractivity contribution in [1.82, 2.24) is 10.3 Å². The highest BCUT2D eigenvalue weighted by Gasteiger charge is 2.42. The fourth-order valence-electron chi connectivity index (χ4n) is 3.67. The fraction of sp³-hybridized carbons (Fsp3) is 0.400. The van der Waals surface area contributed by atoms with E-state index in [1.54, 1.807) is 6.20 Å². The lowest BCUT2D eigenvalue weighted by atomic mass is 9.99. The molecule has 2 aromatic rings. The van der Waals surface area contributed by atoms with Crippen LogP contribution in [0, 0.1) is 5.92 Å². The molecule has 0 saturated heterocycles. The number of benzene rings is 2. The monoisotopic (exact) mass is 460 g/mol. The van der Waals surface area contributed by atoms with Gasteiger partial charge in [-0.25, -0.2) is 10.1 Å². The minimum absolute atomic E-state index is 0.191. The van der Waals surface area contributed by atoms with Crippen molar-refractivity contribution in [3.05, 3.63) is 54.2 Å². The van der Waals surface area contributed by atoms with Gasteiger partial charge in [-0.3, -0.25) is 4.79 Å². The summed E-state index contributed by atoms with van der Waals surface area (Å²) < 4.78 is 42.3. The highest BCUT2D eigenvalue weighted by atomic mass is 19.4. The van der Waals surface area contributed by atoms with Crippen molar-refractivity contribution in [2.75, 3.05) is 6.61 Å². The average Bonchev–Trinajstić information content (AvgIpc) is 3.29. The quantitative estimate of drug-likeness (QED) is 0.373. The van der Waals surface area contributed by atoms with Gasteiger partial charge in [0, 0.05) is 18.4 Å². The smallest absolute Gasteiger partial charge is 0.458 e. The van der Waals surface area contributed by atoms with Gasteiger partial charge in [-0.1, -0.05) is 50.1 Å². The molecule has 1 N–H and O–H groups in total. The van der Waals surface area contributed by atoms with E-state index in [-0.39, 0.29) is 5.78 Å². The van der Waals surface area contributed by atoms with Crippen LogP contribution in [0.2, 0.25) is 0 Å². The Hall–Kier alpha value is -3.16. The number of unbranched alkanes of at least 4 members (excludes halogenated alkanes) is 2. The maximum Gasteiger partial charge on any atom is 0.490 e. The van der Waals surface area contributed by atoms with Crippen molar-refractivity contribution in [2.45, 2.75) is 51.6 Å². The molecule has 0 fully saturated rings. The second-order valence-electron chi connectivity index (χ2n) is 8.03. The summed E-state index contributed by atoms with van der Waals surface area (Å²) >= 11 is 0. The summed E-state index contributed by atoms with van der Waals surface area (Å²) in [4.78, 5) is 27.0. The molecule has 0 amide bonds. The molecule has 1 aliphatic rings. The van der Waals surface area contributed by atoms with Crippen LogP contribution in [0.15, 0.2) is 48.7 Å². The third-order valence-corrected chi connectivity index (χ3v) is 5.59. The maximum absolute atomic E-state index is 12.6. The van der Waals surface area contributed by atoms with Crippen LogP contribution >= 0.6 is 0 Å². The van der Waals surface area contributed by atoms with Gasteiger partial charge in [-0.2, -0.15) is 13.2 Å². The molecule has 0 bridgehead atoms. The number of rotatable bonds is 11. The number of nitrogens with one attached hydrogen (secondary N) is 1. The number of esters is 1. The summed E-state index contributed by atoms with van der Waals surface area (Å²) in [6.45, 7) is 1.40. The number of ether oxygens (including phenoxy) is 1. The molecule has 1 atom stereocenters. The second kappa shape index (κ2) is 11.1. The van der Waals surface area contributed by atoms with Crippen LogP contribution in [-0.4, -0.2) is 30.4 Å². The number of alkyl halides is 3. The standard InChI is InChI=1S/C25H27F3N2O3/c1-2-21(31)11-5-3-4-10-20(16-33-24(32)25(26,27)28)23-29-15-22(30-23)19-13-12-17-8-6-7-9-18(17)14-19/h6-9,12-15,20,30H,2-5,10-11,16H2,1H3/q+1. The predicted octanol–water partition coefficient (Wildman–Crippen LogP) is 5.13. The number of ketones is 1. The van der Waals surface area contributed by atoms with E-state index in [9.17, 15) is 22.8 Å². The first kappa shape index (κ1) is 24.5. The predicted molar refractivity (Wildman–Crippen MR) is 121 cm³/mol. The van der Waals surface area contributed by atoms with E-state index in [0.29, 0.717) is 31.5 Å². The van der Waals surface area contributed by atoms with Gasteiger partial charge in [0.25, 0.3) is 0 Å². The summed E-state index contributed by atoms with van der Waals surface area (Å²) in [5.41, 5.74) is 1.63. The molecule has 2 aromatic carbocycles. The van der Waals surface area contributed by atoms with Crippen molar-refractivity contribution in [1.29, 1.82) is 0 Å². The molecule has 175 valence electrons. The number of aliphatic imine (C=N–C) groups is 1. The zero-order chi connectivity index (χ0) is 23.8.